The molecule has 0 amide bonds. The van der Waals surface area contributed by atoms with Crippen molar-refractivity contribution in [3.8, 4) is 22.8 Å². The van der Waals surface area contributed by atoms with Crippen LogP contribution in [0, 0.1) is 5.82 Å². The SMILES string of the molecule is CC1(C)CCc2c(-c3ccc(OCc4ccccc4)cc3F)cc(Cl)nc2O1. The molecule has 0 aliphatic carbocycles. The molecule has 3 nitrogen and oxygen atoms in total. The number of nitrogens with zero attached hydrogens (tertiary/aromatic N) is 1. The minimum atomic E-state index is -0.361. The van der Waals surface area contributed by atoms with Gasteiger partial charge in [0.05, 0.1) is 0 Å². The van der Waals surface area contributed by atoms with Gasteiger partial charge in [-0.15, -0.1) is 0 Å². The summed E-state index contributed by atoms with van der Waals surface area (Å²) in [5.74, 6) is 0.610. The van der Waals surface area contributed by atoms with Gasteiger partial charge >= 0.3 is 0 Å². The molecule has 0 radical (unpaired) electrons. The minimum absolute atomic E-state index is 0.287. The average molecular weight is 398 g/mol. The highest BCUT2D eigenvalue weighted by atomic mass is 35.5. The molecule has 0 N–H and O–H groups in total. The summed E-state index contributed by atoms with van der Waals surface area (Å²) in [6.45, 7) is 4.41. The van der Waals surface area contributed by atoms with Gasteiger partial charge in [-0.2, -0.15) is 0 Å². The molecule has 0 fully saturated rings. The van der Waals surface area contributed by atoms with E-state index in [9.17, 15) is 4.39 Å². The first-order valence-electron chi connectivity index (χ1n) is 9.26. The van der Waals surface area contributed by atoms with Gasteiger partial charge in [-0.05, 0) is 56.0 Å². The van der Waals surface area contributed by atoms with Crippen LogP contribution in [0.5, 0.6) is 11.6 Å². The lowest BCUT2D eigenvalue weighted by molar-refractivity contribution is 0.0786. The van der Waals surface area contributed by atoms with Gasteiger partial charge in [0.25, 0.3) is 0 Å². The second-order valence-corrected chi connectivity index (χ2v) is 7.94. The summed E-state index contributed by atoms with van der Waals surface area (Å²) in [5.41, 5.74) is 2.80. The molecule has 0 bridgehead atoms. The second-order valence-electron chi connectivity index (χ2n) is 7.55. The molecule has 1 aliphatic heterocycles. The molecule has 144 valence electrons. The van der Waals surface area contributed by atoms with Crippen LogP contribution >= 0.6 is 11.6 Å². The Bertz CT molecular complexity index is 1000. The van der Waals surface area contributed by atoms with E-state index in [4.69, 9.17) is 21.1 Å². The number of halogens is 2. The van der Waals surface area contributed by atoms with Crippen molar-refractivity contribution in [2.75, 3.05) is 0 Å². The Kier molecular flexibility index (Phi) is 4.98. The highest BCUT2D eigenvalue weighted by molar-refractivity contribution is 6.29. The van der Waals surface area contributed by atoms with E-state index < -0.39 is 0 Å². The number of benzene rings is 2. The zero-order chi connectivity index (χ0) is 19.7. The lowest BCUT2D eigenvalue weighted by Gasteiger charge is -2.32. The van der Waals surface area contributed by atoms with Crippen LogP contribution in [0.1, 0.15) is 31.4 Å². The van der Waals surface area contributed by atoms with Crippen molar-refractivity contribution in [3.63, 3.8) is 0 Å². The summed E-state index contributed by atoms with van der Waals surface area (Å²) in [6, 6.07) is 16.4. The van der Waals surface area contributed by atoms with Crippen LogP contribution in [0.3, 0.4) is 0 Å². The summed E-state index contributed by atoms with van der Waals surface area (Å²) in [6.07, 6.45) is 1.59. The smallest absolute Gasteiger partial charge is 0.219 e. The fourth-order valence-corrected chi connectivity index (χ4v) is 3.55. The van der Waals surface area contributed by atoms with Crippen LogP contribution in [0.4, 0.5) is 4.39 Å². The van der Waals surface area contributed by atoms with E-state index in [-0.39, 0.29) is 16.6 Å². The van der Waals surface area contributed by atoms with Crippen molar-refractivity contribution in [2.45, 2.75) is 38.9 Å². The maximum atomic E-state index is 14.9. The molecule has 2 heterocycles. The normalized spacial score (nSPS) is 14.9. The van der Waals surface area contributed by atoms with Gasteiger partial charge in [0, 0.05) is 17.2 Å². The maximum absolute atomic E-state index is 14.9. The van der Waals surface area contributed by atoms with Crippen molar-refractivity contribution < 1.29 is 13.9 Å². The molecule has 0 saturated carbocycles. The largest absolute Gasteiger partial charge is 0.489 e. The Hall–Kier alpha value is -2.59. The van der Waals surface area contributed by atoms with Gasteiger partial charge in [-0.25, -0.2) is 9.37 Å². The number of pyridine rings is 1. The molecule has 0 atom stereocenters. The molecular formula is C23H21ClFNO2. The summed E-state index contributed by atoms with van der Waals surface area (Å²) in [7, 11) is 0. The van der Waals surface area contributed by atoms with E-state index >= 15 is 0 Å². The van der Waals surface area contributed by atoms with Crippen molar-refractivity contribution in [2.24, 2.45) is 0 Å². The number of rotatable bonds is 4. The van der Waals surface area contributed by atoms with Crippen LogP contribution < -0.4 is 9.47 Å². The minimum Gasteiger partial charge on any atom is -0.489 e. The molecule has 2 aromatic carbocycles. The number of ether oxygens (including phenoxy) is 2. The highest BCUT2D eigenvalue weighted by Gasteiger charge is 2.30. The Labute approximate surface area is 169 Å². The van der Waals surface area contributed by atoms with Gasteiger partial charge in [0.1, 0.15) is 28.9 Å². The summed E-state index contributed by atoms with van der Waals surface area (Å²) in [5, 5.41) is 0.287. The predicted molar refractivity (Wildman–Crippen MR) is 108 cm³/mol. The fourth-order valence-electron chi connectivity index (χ4n) is 3.37. The average Bonchev–Trinajstić information content (AvgIpc) is 2.65. The quantitative estimate of drug-likeness (QED) is 0.489. The topological polar surface area (TPSA) is 31.4 Å². The maximum Gasteiger partial charge on any atom is 0.219 e. The molecule has 0 unspecified atom stereocenters. The zero-order valence-corrected chi connectivity index (χ0v) is 16.6. The molecule has 4 rings (SSSR count). The number of hydrogen-bond donors (Lipinski definition) is 0. The number of aromatic nitrogens is 1. The van der Waals surface area contributed by atoms with E-state index in [1.807, 2.05) is 44.2 Å². The van der Waals surface area contributed by atoms with Crippen LogP contribution in [0.15, 0.2) is 54.6 Å². The van der Waals surface area contributed by atoms with Crippen molar-refractivity contribution >= 4 is 11.6 Å². The lowest BCUT2D eigenvalue weighted by Crippen LogP contribution is -2.33. The van der Waals surface area contributed by atoms with Gasteiger partial charge in [0.2, 0.25) is 5.88 Å². The highest BCUT2D eigenvalue weighted by Crippen LogP contribution is 2.40. The Balaban J connectivity index is 1.63. The van der Waals surface area contributed by atoms with Crippen molar-refractivity contribution in [1.29, 1.82) is 0 Å². The Morgan fingerprint density at radius 1 is 1.11 bits per heavy atom. The first-order valence-corrected chi connectivity index (χ1v) is 9.64. The molecule has 3 aromatic rings. The van der Waals surface area contributed by atoms with Gasteiger partial charge in [-0.1, -0.05) is 41.9 Å². The third-order valence-electron chi connectivity index (χ3n) is 4.88. The first kappa shape index (κ1) is 18.8. The molecule has 0 spiro atoms. The number of hydrogen-bond acceptors (Lipinski definition) is 3. The van der Waals surface area contributed by atoms with Crippen LogP contribution in [0.2, 0.25) is 5.15 Å². The molecule has 28 heavy (non-hydrogen) atoms. The van der Waals surface area contributed by atoms with Crippen LogP contribution in [0.25, 0.3) is 11.1 Å². The monoisotopic (exact) mass is 397 g/mol. The molecular weight excluding hydrogens is 377 g/mol. The van der Waals surface area contributed by atoms with Gasteiger partial charge in [-0.3, -0.25) is 0 Å². The predicted octanol–water partition coefficient (Wildman–Crippen LogP) is 6.22. The van der Waals surface area contributed by atoms with Gasteiger partial charge in [0.15, 0.2) is 0 Å². The van der Waals surface area contributed by atoms with E-state index in [0.29, 0.717) is 23.8 Å². The number of fused-ring (bicyclic) bond motifs is 1. The summed E-state index contributed by atoms with van der Waals surface area (Å²) >= 11 is 6.19. The van der Waals surface area contributed by atoms with Crippen molar-refractivity contribution in [3.05, 3.63) is 76.7 Å². The van der Waals surface area contributed by atoms with Crippen LogP contribution in [-0.4, -0.2) is 10.6 Å². The molecule has 0 saturated heterocycles. The summed E-state index contributed by atoms with van der Waals surface area (Å²) in [4.78, 5) is 4.30. The van der Waals surface area contributed by atoms with Gasteiger partial charge < -0.3 is 9.47 Å². The summed E-state index contributed by atoms with van der Waals surface area (Å²) < 4.78 is 26.6. The van der Waals surface area contributed by atoms with Crippen molar-refractivity contribution in [1.82, 2.24) is 4.98 Å². The molecule has 1 aliphatic rings. The Morgan fingerprint density at radius 2 is 1.89 bits per heavy atom. The lowest BCUT2D eigenvalue weighted by atomic mass is 9.91. The third kappa shape index (κ3) is 3.97. The standard InChI is InChI=1S/C23H21ClFNO2/c1-23(2)11-10-18-19(13-21(24)26-22(18)28-23)17-9-8-16(12-20(17)25)27-14-15-6-4-3-5-7-15/h3-9,12-13H,10-11,14H2,1-2H3. The first-order chi connectivity index (χ1) is 13.4. The van der Waals surface area contributed by atoms with E-state index in [0.717, 1.165) is 29.5 Å². The van der Waals surface area contributed by atoms with E-state index in [2.05, 4.69) is 4.98 Å². The third-order valence-corrected chi connectivity index (χ3v) is 5.08. The fraction of sp³-hybridized carbons (Fsp3) is 0.261. The molecule has 1 aromatic heterocycles. The van der Waals surface area contributed by atoms with Crippen LogP contribution in [-0.2, 0) is 13.0 Å². The molecule has 5 heteroatoms. The Morgan fingerprint density at radius 3 is 2.64 bits per heavy atom. The zero-order valence-electron chi connectivity index (χ0n) is 15.8. The van der Waals surface area contributed by atoms with E-state index in [1.165, 1.54) is 6.07 Å². The second kappa shape index (κ2) is 7.44. The van der Waals surface area contributed by atoms with E-state index in [1.54, 1.807) is 18.2 Å².